The van der Waals surface area contributed by atoms with Gasteiger partial charge in [-0.15, -0.1) is 0 Å². The molecule has 0 aliphatic heterocycles. The maximum absolute atomic E-state index is 11.4. The summed E-state index contributed by atoms with van der Waals surface area (Å²) in [6, 6.07) is 9.22. The number of carbonyl (C=O) groups is 1. The second kappa shape index (κ2) is 5.84. The second-order valence-electron chi connectivity index (χ2n) is 4.72. The molecule has 1 fully saturated rings. The van der Waals surface area contributed by atoms with Crippen molar-refractivity contribution in [1.29, 1.82) is 0 Å². The van der Waals surface area contributed by atoms with Crippen LogP contribution in [0.1, 0.15) is 18.4 Å². The van der Waals surface area contributed by atoms with Gasteiger partial charge in [0.15, 0.2) is 0 Å². The zero-order chi connectivity index (χ0) is 12.8. The molecule has 18 heavy (non-hydrogen) atoms. The first kappa shape index (κ1) is 12.9. The van der Waals surface area contributed by atoms with Gasteiger partial charge in [0.25, 0.3) is 0 Å². The topological polar surface area (TPSA) is 70.6 Å². The van der Waals surface area contributed by atoms with Crippen LogP contribution in [0.15, 0.2) is 30.3 Å². The smallest absolute Gasteiger partial charge is 0.338 e. The first-order chi connectivity index (χ1) is 8.74. The number of aliphatic hydroxyl groups excluding tert-OH is 1. The minimum absolute atomic E-state index is 0.0865. The van der Waals surface area contributed by atoms with Gasteiger partial charge in [-0.1, -0.05) is 30.3 Å². The zero-order valence-corrected chi connectivity index (χ0v) is 10.2. The van der Waals surface area contributed by atoms with Gasteiger partial charge in [0.1, 0.15) is 0 Å². The molecule has 1 aromatic carbocycles. The minimum Gasteiger partial charge on any atom is -0.396 e. The van der Waals surface area contributed by atoms with Crippen LogP contribution in [0.5, 0.6) is 0 Å². The van der Waals surface area contributed by atoms with E-state index in [2.05, 4.69) is 10.8 Å². The molecule has 0 aromatic heterocycles. The molecule has 1 saturated carbocycles. The number of urea groups is 1. The molecule has 98 valence electrons. The summed E-state index contributed by atoms with van der Waals surface area (Å²) in [4.78, 5) is 16.5. The summed E-state index contributed by atoms with van der Waals surface area (Å²) in [6.45, 7) is 0.946. The Bertz CT molecular complexity index is 390. The summed E-state index contributed by atoms with van der Waals surface area (Å²) in [5.74, 6) is 0. The number of hydrogen-bond acceptors (Lipinski definition) is 3. The van der Waals surface area contributed by atoms with Crippen molar-refractivity contribution in [2.75, 3.05) is 13.2 Å². The fourth-order valence-electron chi connectivity index (χ4n) is 1.63. The van der Waals surface area contributed by atoms with E-state index in [0.29, 0.717) is 13.2 Å². The van der Waals surface area contributed by atoms with Crippen molar-refractivity contribution >= 4 is 6.03 Å². The van der Waals surface area contributed by atoms with Gasteiger partial charge < -0.3 is 10.4 Å². The van der Waals surface area contributed by atoms with E-state index in [9.17, 15) is 4.79 Å². The fraction of sp³-hybridized carbons (Fsp3) is 0.462. The number of nitrogens with one attached hydrogen (secondary N) is 2. The van der Waals surface area contributed by atoms with Gasteiger partial charge in [-0.05, 0) is 18.4 Å². The summed E-state index contributed by atoms with van der Waals surface area (Å²) < 4.78 is 0. The average molecular weight is 250 g/mol. The van der Waals surface area contributed by atoms with Crippen LogP contribution >= 0.6 is 0 Å². The third-order valence-corrected chi connectivity index (χ3v) is 3.16. The molecule has 1 aromatic rings. The van der Waals surface area contributed by atoms with Crippen LogP contribution in [0.2, 0.25) is 0 Å². The van der Waals surface area contributed by atoms with Gasteiger partial charge in [0.05, 0.1) is 13.2 Å². The van der Waals surface area contributed by atoms with Crippen molar-refractivity contribution < 1.29 is 14.7 Å². The number of aliphatic hydroxyl groups is 1. The van der Waals surface area contributed by atoms with Crippen molar-refractivity contribution in [3.8, 4) is 0 Å². The lowest BCUT2D eigenvalue weighted by Gasteiger charge is -2.13. The third kappa shape index (κ3) is 3.72. The first-order valence-corrected chi connectivity index (χ1v) is 6.05. The summed E-state index contributed by atoms with van der Waals surface area (Å²) in [5.41, 5.74) is 3.23. The van der Waals surface area contributed by atoms with Gasteiger partial charge in [0.2, 0.25) is 0 Å². The van der Waals surface area contributed by atoms with E-state index in [1.165, 1.54) is 0 Å². The van der Waals surface area contributed by atoms with Crippen LogP contribution < -0.4 is 10.8 Å². The molecule has 1 aliphatic rings. The van der Waals surface area contributed by atoms with Crippen molar-refractivity contribution in [3.05, 3.63) is 35.9 Å². The molecule has 5 heteroatoms. The third-order valence-electron chi connectivity index (χ3n) is 3.16. The highest BCUT2D eigenvalue weighted by Crippen LogP contribution is 2.44. The number of amides is 2. The predicted molar refractivity (Wildman–Crippen MR) is 66.5 cm³/mol. The maximum Gasteiger partial charge on any atom is 0.338 e. The highest BCUT2D eigenvalue weighted by atomic mass is 16.7. The zero-order valence-electron chi connectivity index (χ0n) is 10.2. The fourth-order valence-corrected chi connectivity index (χ4v) is 1.63. The minimum atomic E-state index is -0.370. The van der Waals surface area contributed by atoms with Crippen molar-refractivity contribution in [3.63, 3.8) is 0 Å². The molecule has 0 heterocycles. The van der Waals surface area contributed by atoms with Gasteiger partial charge in [-0.3, -0.25) is 4.84 Å². The molecule has 0 saturated heterocycles. The number of carbonyl (C=O) groups excluding carboxylic acids is 1. The molecule has 1 aliphatic carbocycles. The van der Waals surface area contributed by atoms with Crippen molar-refractivity contribution in [2.45, 2.75) is 19.4 Å². The van der Waals surface area contributed by atoms with Crippen LogP contribution in [0.3, 0.4) is 0 Å². The van der Waals surface area contributed by atoms with Gasteiger partial charge in [0, 0.05) is 12.0 Å². The van der Waals surface area contributed by atoms with Gasteiger partial charge >= 0.3 is 6.03 Å². The summed E-state index contributed by atoms with van der Waals surface area (Å²) in [5, 5.41) is 11.8. The van der Waals surface area contributed by atoms with E-state index in [-0.39, 0.29) is 18.1 Å². The molecule has 0 atom stereocenters. The largest absolute Gasteiger partial charge is 0.396 e. The van der Waals surface area contributed by atoms with E-state index < -0.39 is 0 Å². The molecule has 0 bridgehead atoms. The molecule has 0 radical (unpaired) electrons. The van der Waals surface area contributed by atoms with E-state index >= 15 is 0 Å². The Hall–Kier alpha value is -1.59. The van der Waals surface area contributed by atoms with E-state index in [1.807, 2.05) is 30.3 Å². The Labute approximate surface area is 106 Å². The Morgan fingerprint density at radius 2 is 2.06 bits per heavy atom. The Balaban J connectivity index is 1.60. The highest BCUT2D eigenvalue weighted by Gasteiger charge is 2.42. The van der Waals surface area contributed by atoms with Crippen LogP contribution in [0.4, 0.5) is 4.79 Å². The van der Waals surface area contributed by atoms with Crippen LogP contribution in [0, 0.1) is 5.41 Å². The molecule has 0 unspecified atom stereocenters. The van der Waals surface area contributed by atoms with E-state index in [0.717, 1.165) is 18.4 Å². The van der Waals surface area contributed by atoms with Gasteiger partial charge in [-0.2, -0.15) is 0 Å². The lowest BCUT2D eigenvalue weighted by atomic mass is 10.1. The monoisotopic (exact) mass is 250 g/mol. The number of hydrogen-bond donors (Lipinski definition) is 3. The molecule has 5 nitrogen and oxygen atoms in total. The SMILES string of the molecule is O=C(NCC1(CO)CC1)NOCc1ccccc1. The first-order valence-electron chi connectivity index (χ1n) is 6.05. The molecular formula is C13H18N2O3. The summed E-state index contributed by atoms with van der Waals surface area (Å²) >= 11 is 0. The average Bonchev–Trinajstić information content (AvgIpc) is 3.18. The number of benzene rings is 1. The number of hydroxylamine groups is 1. The molecular weight excluding hydrogens is 232 g/mol. The molecule has 2 amide bonds. The quantitative estimate of drug-likeness (QED) is 0.664. The predicted octanol–water partition coefficient (Wildman–Crippen LogP) is 1.19. The lowest BCUT2D eigenvalue weighted by Crippen LogP contribution is -2.39. The van der Waals surface area contributed by atoms with Crippen LogP contribution in [-0.4, -0.2) is 24.3 Å². The van der Waals surface area contributed by atoms with E-state index in [1.54, 1.807) is 0 Å². The molecule has 0 spiro atoms. The standard InChI is InChI=1S/C13H18N2O3/c16-10-13(6-7-13)9-14-12(17)15-18-8-11-4-2-1-3-5-11/h1-5,16H,6-10H2,(H2,14,15,17). The Morgan fingerprint density at radius 3 is 2.67 bits per heavy atom. The summed E-state index contributed by atoms with van der Waals surface area (Å²) in [6.07, 6.45) is 1.93. The Morgan fingerprint density at radius 1 is 1.33 bits per heavy atom. The molecule has 2 rings (SSSR count). The number of rotatable bonds is 6. The van der Waals surface area contributed by atoms with E-state index in [4.69, 9.17) is 9.94 Å². The maximum atomic E-state index is 11.4. The van der Waals surface area contributed by atoms with Gasteiger partial charge in [-0.25, -0.2) is 10.3 Å². The normalized spacial score (nSPS) is 16.1. The summed E-state index contributed by atoms with van der Waals surface area (Å²) in [7, 11) is 0. The van der Waals surface area contributed by atoms with Crippen molar-refractivity contribution in [2.24, 2.45) is 5.41 Å². The Kier molecular flexibility index (Phi) is 4.17. The van der Waals surface area contributed by atoms with Crippen LogP contribution in [0.25, 0.3) is 0 Å². The van der Waals surface area contributed by atoms with Crippen molar-refractivity contribution in [1.82, 2.24) is 10.8 Å². The van der Waals surface area contributed by atoms with Crippen LogP contribution in [-0.2, 0) is 11.4 Å². The lowest BCUT2D eigenvalue weighted by molar-refractivity contribution is 0.0483. The second-order valence-corrected chi connectivity index (χ2v) is 4.72. The highest BCUT2D eigenvalue weighted by molar-refractivity contribution is 5.72. The molecule has 3 N–H and O–H groups in total.